The van der Waals surface area contributed by atoms with Crippen molar-refractivity contribution in [1.29, 1.82) is 0 Å². The lowest BCUT2D eigenvalue weighted by Crippen LogP contribution is -2.41. The van der Waals surface area contributed by atoms with Gasteiger partial charge in [-0.2, -0.15) is 0 Å². The number of methoxy groups -OCH3 is 1. The number of aryl methyl sites for hydroxylation is 1. The van der Waals surface area contributed by atoms with Gasteiger partial charge >= 0.3 is 0 Å². The number of hydrogen-bond acceptors (Lipinski definition) is 7. The summed E-state index contributed by atoms with van der Waals surface area (Å²) >= 11 is 0. The molecule has 174 valence electrons. The normalized spacial score (nSPS) is 18.3. The number of hydrogen-bond donors (Lipinski definition) is 1. The van der Waals surface area contributed by atoms with Gasteiger partial charge in [0.25, 0.3) is 6.43 Å². The number of alkyl halides is 2. The number of ether oxygens (including phenoxy) is 2. The molecule has 0 aliphatic heterocycles. The standard InChI is InChI=1S/C22H25F2N7O2/c1-13-26-18-4-3-17(28-21(18)30(13)12-20(23)24)16-5-6-31-19(16)11-25-22(29-31)27-14-9-15(10-14)33-8-7-32-2/h3-6,11,14-15,20H,7-10,12H2,1-2H3,(H,27,29)/t14-,15+. The van der Waals surface area contributed by atoms with Crippen LogP contribution in [0.1, 0.15) is 18.7 Å². The lowest BCUT2D eigenvalue weighted by atomic mass is 9.89. The first-order valence-electron chi connectivity index (χ1n) is 10.9. The van der Waals surface area contributed by atoms with Crippen LogP contribution in [0.5, 0.6) is 0 Å². The monoisotopic (exact) mass is 457 g/mol. The number of pyridine rings is 1. The van der Waals surface area contributed by atoms with E-state index in [-0.39, 0.29) is 12.1 Å². The van der Waals surface area contributed by atoms with Crippen molar-refractivity contribution >= 4 is 22.6 Å². The van der Waals surface area contributed by atoms with E-state index in [0.29, 0.717) is 41.8 Å². The number of rotatable bonds is 9. The Morgan fingerprint density at radius 1 is 1.18 bits per heavy atom. The van der Waals surface area contributed by atoms with Crippen molar-refractivity contribution in [3.05, 3.63) is 36.4 Å². The Morgan fingerprint density at radius 3 is 2.82 bits per heavy atom. The van der Waals surface area contributed by atoms with Gasteiger partial charge in [0.1, 0.15) is 11.3 Å². The Kier molecular flexibility index (Phi) is 5.90. The van der Waals surface area contributed by atoms with Crippen molar-refractivity contribution in [2.75, 3.05) is 25.6 Å². The second kappa shape index (κ2) is 8.99. The van der Waals surface area contributed by atoms with Crippen LogP contribution in [0, 0.1) is 6.92 Å². The van der Waals surface area contributed by atoms with Crippen LogP contribution in [0.15, 0.2) is 30.6 Å². The number of nitrogens with zero attached hydrogens (tertiary/aromatic N) is 6. The van der Waals surface area contributed by atoms with Crippen LogP contribution < -0.4 is 5.32 Å². The molecule has 4 aromatic heterocycles. The van der Waals surface area contributed by atoms with Gasteiger partial charge in [0.2, 0.25) is 5.95 Å². The molecule has 4 aromatic rings. The lowest BCUT2D eigenvalue weighted by Gasteiger charge is -2.35. The number of imidazole rings is 1. The molecule has 0 radical (unpaired) electrons. The largest absolute Gasteiger partial charge is 0.382 e. The van der Waals surface area contributed by atoms with E-state index in [9.17, 15) is 8.78 Å². The molecule has 0 bridgehead atoms. The maximum atomic E-state index is 13.0. The molecule has 1 N–H and O–H groups in total. The van der Waals surface area contributed by atoms with Crippen LogP contribution in [0.25, 0.3) is 27.9 Å². The predicted molar refractivity (Wildman–Crippen MR) is 119 cm³/mol. The van der Waals surface area contributed by atoms with Crippen LogP contribution in [0.3, 0.4) is 0 Å². The molecule has 1 aliphatic carbocycles. The van der Waals surface area contributed by atoms with E-state index in [0.717, 1.165) is 23.9 Å². The molecule has 11 heteroatoms. The van der Waals surface area contributed by atoms with Gasteiger partial charge in [0, 0.05) is 24.9 Å². The minimum absolute atomic E-state index is 0.239. The summed E-state index contributed by atoms with van der Waals surface area (Å²) in [5.41, 5.74) is 3.28. The first-order chi connectivity index (χ1) is 16.0. The van der Waals surface area contributed by atoms with E-state index in [2.05, 4.69) is 25.4 Å². The van der Waals surface area contributed by atoms with E-state index in [4.69, 9.17) is 9.47 Å². The summed E-state index contributed by atoms with van der Waals surface area (Å²) in [5.74, 6) is 1.05. The third kappa shape index (κ3) is 4.38. The topological polar surface area (TPSA) is 91.4 Å². The van der Waals surface area contributed by atoms with Gasteiger partial charge in [-0.05, 0) is 38.0 Å². The molecule has 33 heavy (non-hydrogen) atoms. The average molecular weight is 457 g/mol. The van der Waals surface area contributed by atoms with Gasteiger partial charge in [-0.25, -0.2) is 28.2 Å². The third-order valence-electron chi connectivity index (χ3n) is 5.87. The highest BCUT2D eigenvalue weighted by molar-refractivity contribution is 5.82. The number of halogens is 2. The fourth-order valence-corrected chi connectivity index (χ4v) is 4.10. The number of anilines is 1. The second-order valence-corrected chi connectivity index (χ2v) is 8.14. The summed E-state index contributed by atoms with van der Waals surface area (Å²) < 4.78 is 39.9. The smallest absolute Gasteiger partial charge is 0.256 e. The van der Waals surface area contributed by atoms with Crippen molar-refractivity contribution in [3.63, 3.8) is 0 Å². The van der Waals surface area contributed by atoms with Crippen molar-refractivity contribution in [2.24, 2.45) is 0 Å². The van der Waals surface area contributed by atoms with Gasteiger partial charge in [0.05, 0.1) is 43.3 Å². The molecule has 4 heterocycles. The highest BCUT2D eigenvalue weighted by Crippen LogP contribution is 2.28. The zero-order valence-corrected chi connectivity index (χ0v) is 18.4. The Balaban J connectivity index is 1.33. The Labute approximate surface area is 188 Å². The average Bonchev–Trinajstić information content (AvgIpc) is 3.32. The molecule has 1 saturated carbocycles. The summed E-state index contributed by atoms with van der Waals surface area (Å²) in [6.07, 6.45) is 3.13. The molecule has 0 unspecified atom stereocenters. The fraction of sp³-hybridized carbons (Fsp3) is 0.455. The predicted octanol–water partition coefficient (Wildman–Crippen LogP) is 3.32. The highest BCUT2D eigenvalue weighted by atomic mass is 19.3. The van der Waals surface area contributed by atoms with E-state index in [1.165, 1.54) is 4.57 Å². The van der Waals surface area contributed by atoms with Crippen LogP contribution in [-0.4, -0.2) is 68.0 Å². The summed E-state index contributed by atoms with van der Waals surface area (Å²) in [7, 11) is 1.66. The van der Waals surface area contributed by atoms with Gasteiger partial charge in [0.15, 0.2) is 5.65 Å². The minimum Gasteiger partial charge on any atom is -0.382 e. The fourth-order valence-electron chi connectivity index (χ4n) is 4.10. The Hall–Kier alpha value is -3.18. The molecule has 0 amide bonds. The molecule has 0 spiro atoms. The second-order valence-electron chi connectivity index (χ2n) is 8.14. The minimum atomic E-state index is -2.48. The molecule has 1 aliphatic rings. The maximum absolute atomic E-state index is 13.0. The summed E-state index contributed by atoms with van der Waals surface area (Å²) in [5, 5.41) is 7.90. The summed E-state index contributed by atoms with van der Waals surface area (Å²) in [6, 6.07) is 5.80. The summed E-state index contributed by atoms with van der Waals surface area (Å²) in [4.78, 5) is 13.4. The van der Waals surface area contributed by atoms with E-state index >= 15 is 0 Å². The van der Waals surface area contributed by atoms with Gasteiger partial charge < -0.3 is 19.4 Å². The van der Waals surface area contributed by atoms with Crippen molar-refractivity contribution in [1.82, 2.24) is 29.1 Å². The van der Waals surface area contributed by atoms with Crippen LogP contribution >= 0.6 is 0 Å². The number of nitrogens with one attached hydrogen (secondary N) is 1. The Morgan fingerprint density at radius 2 is 2.03 bits per heavy atom. The molecule has 9 nitrogen and oxygen atoms in total. The molecule has 0 atom stereocenters. The van der Waals surface area contributed by atoms with Crippen molar-refractivity contribution in [2.45, 2.75) is 44.9 Å². The van der Waals surface area contributed by atoms with Crippen LogP contribution in [-0.2, 0) is 16.0 Å². The van der Waals surface area contributed by atoms with Gasteiger partial charge in [-0.1, -0.05) is 0 Å². The van der Waals surface area contributed by atoms with Crippen LogP contribution in [0.2, 0.25) is 0 Å². The lowest BCUT2D eigenvalue weighted by molar-refractivity contribution is -0.0261. The van der Waals surface area contributed by atoms with Crippen molar-refractivity contribution < 1.29 is 18.3 Å². The molecular weight excluding hydrogens is 432 g/mol. The first-order valence-corrected chi connectivity index (χ1v) is 10.9. The van der Waals surface area contributed by atoms with E-state index < -0.39 is 13.0 Å². The molecule has 1 fully saturated rings. The molecule has 0 saturated heterocycles. The van der Waals surface area contributed by atoms with Gasteiger partial charge in [-0.15, -0.1) is 5.10 Å². The zero-order chi connectivity index (χ0) is 22.9. The zero-order valence-electron chi connectivity index (χ0n) is 18.4. The quantitative estimate of drug-likeness (QED) is 0.386. The summed E-state index contributed by atoms with van der Waals surface area (Å²) in [6.45, 7) is 2.47. The van der Waals surface area contributed by atoms with E-state index in [1.54, 1.807) is 30.8 Å². The maximum Gasteiger partial charge on any atom is 0.256 e. The molecule has 5 rings (SSSR count). The van der Waals surface area contributed by atoms with Gasteiger partial charge in [-0.3, -0.25) is 0 Å². The highest BCUT2D eigenvalue weighted by Gasteiger charge is 2.30. The SMILES string of the molecule is COCCO[C@H]1C[C@@H](Nc2ncc3c(-c4ccc5nc(C)n(CC(F)F)c5n4)ccn3n2)C1. The molecular formula is C22H25F2N7O2. The van der Waals surface area contributed by atoms with Crippen molar-refractivity contribution in [3.8, 4) is 11.3 Å². The van der Waals surface area contributed by atoms with E-state index in [1.807, 2.05) is 18.3 Å². The number of aromatic nitrogens is 6. The first kappa shape index (κ1) is 21.7. The number of fused-ring (bicyclic) bond motifs is 2. The molecule has 0 aromatic carbocycles. The van der Waals surface area contributed by atoms with Crippen LogP contribution in [0.4, 0.5) is 14.7 Å². The third-order valence-corrected chi connectivity index (χ3v) is 5.87. The Bertz CT molecular complexity index is 1270.